The minimum Gasteiger partial charge on any atom is -0.378 e. The number of unbranched alkanes of at least 4 members (excludes halogenated alkanes) is 1. The highest BCUT2D eigenvalue weighted by Crippen LogP contribution is 2.34. The molecule has 0 aromatic carbocycles. The number of pyridine rings is 2. The number of nitrogens with zero attached hydrogens (tertiary/aromatic N) is 5. The number of nitrogens with two attached hydrogens (primary N) is 1. The van der Waals surface area contributed by atoms with Crippen molar-refractivity contribution in [1.82, 2.24) is 19.3 Å². The van der Waals surface area contributed by atoms with E-state index in [0.717, 1.165) is 83.0 Å². The van der Waals surface area contributed by atoms with Crippen LogP contribution in [0.5, 0.6) is 0 Å². The number of hydrogen-bond donors (Lipinski definition) is 1. The molecule has 0 saturated carbocycles. The van der Waals surface area contributed by atoms with Crippen LogP contribution in [0.1, 0.15) is 48.7 Å². The normalized spacial score (nSPS) is 18.9. The zero-order valence-corrected chi connectivity index (χ0v) is 18.8. The van der Waals surface area contributed by atoms with Crippen molar-refractivity contribution in [1.29, 1.82) is 0 Å². The van der Waals surface area contributed by atoms with Crippen molar-refractivity contribution < 1.29 is 4.74 Å². The quantitative estimate of drug-likeness (QED) is 0.549. The fourth-order valence-electron chi connectivity index (χ4n) is 5.13. The Balaban J connectivity index is 1.42. The van der Waals surface area contributed by atoms with E-state index in [9.17, 15) is 0 Å². The van der Waals surface area contributed by atoms with Gasteiger partial charge in [0.15, 0.2) is 0 Å². The van der Waals surface area contributed by atoms with Crippen LogP contribution in [0, 0.1) is 0 Å². The highest BCUT2D eigenvalue weighted by Gasteiger charge is 2.27. The van der Waals surface area contributed by atoms with Gasteiger partial charge >= 0.3 is 0 Å². The molecular weight excluding hydrogens is 400 g/mol. The Morgan fingerprint density at radius 2 is 2.03 bits per heavy atom. The predicted octanol–water partition coefficient (Wildman–Crippen LogP) is 3.18. The smallest absolute Gasteiger partial charge is 0.138 e. The van der Waals surface area contributed by atoms with Crippen molar-refractivity contribution in [3.8, 4) is 0 Å². The molecule has 2 N–H and O–H groups in total. The van der Waals surface area contributed by atoms with Gasteiger partial charge in [-0.1, -0.05) is 12.1 Å². The standard InChI is InChI=1S/C25H34N6O/c26-11-1-2-13-30(22-8-3-6-20-7-5-12-27-25(20)22)18-21-19-31-23(28-21)9-4-10-24(31)29-14-16-32-17-15-29/h4-5,7,9-10,12,19,22H,1-3,6,8,11,13-18,26H2. The average molecular weight is 435 g/mol. The van der Waals surface area contributed by atoms with Crippen LogP contribution in [0.3, 0.4) is 0 Å². The van der Waals surface area contributed by atoms with Crippen LogP contribution >= 0.6 is 0 Å². The van der Waals surface area contributed by atoms with Crippen LogP contribution in [0.4, 0.5) is 5.82 Å². The van der Waals surface area contributed by atoms with Gasteiger partial charge in [-0.25, -0.2) is 4.98 Å². The molecule has 3 aromatic rings. The van der Waals surface area contributed by atoms with E-state index in [0.29, 0.717) is 6.04 Å². The fourth-order valence-corrected chi connectivity index (χ4v) is 5.13. The summed E-state index contributed by atoms with van der Waals surface area (Å²) in [5.74, 6) is 1.20. The number of ether oxygens (including phenoxy) is 1. The number of anilines is 1. The third-order valence-electron chi connectivity index (χ3n) is 6.73. The summed E-state index contributed by atoms with van der Waals surface area (Å²) < 4.78 is 7.79. The Kier molecular flexibility index (Phi) is 6.67. The van der Waals surface area contributed by atoms with Gasteiger partial charge < -0.3 is 15.4 Å². The van der Waals surface area contributed by atoms with E-state index in [-0.39, 0.29) is 0 Å². The molecule has 5 rings (SSSR count). The van der Waals surface area contributed by atoms with Gasteiger partial charge in [0, 0.05) is 32.0 Å². The molecule has 1 atom stereocenters. The molecular formula is C25H34N6O. The third-order valence-corrected chi connectivity index (χ3v) is 6.73. The number of aryl methyl sites for hydroxylation is 1. The molecule has 3 aromatic heterocycles. The van der Waals surface area contributed by atoms with E-state index in [1.807, 2.05) is 6.20 Å². The molecule has 2 aliphatic rings. The van der Waals surface area contributed by atoms with Crippen molar-refractivity contribution in [3.63, 3.8) is 0 Å². The first-order chi connectivity index (χ1) is 15.8. The van der Waals surface area contributed by atoms with E-state index in [1.165, 1.54) is 23.5 Å². The molecule has 1 fully saturated rings. The van der Waals surface area contributed by atoms with Gasteiger partial charge in [0.05, 0.1) is 30.6 Å². The topological polar surface area (TPSA) is 71.9 Å². The Morgan fingerprint density at radius 1 is 1.12 bits per heavy atom. The summed E-state index contributed by atoms with van der Waals surface area (Å²) in [6, 6.07) is 11.0. The average Bonchev–Trinajstić information content (AvgIpc) is 3.26. The highest BCUT2D eigenvalue weighted by atomic mass is 16.5. The molecule has 1 aliphatic heterocycles. The van der Waals surface area contributed by atoms with E-state index >= 15 is 0 Å². The van der Waals surface area contributed by atoms with Crippen LogP contribution in [-0.2, 0) is 17.7 Å². The maximum absolute atomic E-state index is 5.80. The van der Waals surface area contributed by atoms with Crippen molar-refractivity contribution in [2.24, 2.45) is 5.73 Å². The molecule has 32 heavy (non-hydrogen) atoms. The van der Waals surface area contributed by atoms with Gasteiger partial charge in [-0.3, -0.25) is 14.3 Å². The van der Waals surface area contributed by atoms with E-state index in [4.69, 9.17) is 20.4 Å². The van der Waals surface area contributed by atoms with Crippen LogP contribution in [-0.4, -0.2) is 58.7 Å². The first-order valence-corrected chi connectivity index (χ1v) is 12.0. The summed E-state index contributed by atoms with van der Waals surface area (Å²) in [6.07, 6.45) is 9.80. The molecule has 7 nitrogen and oxygen atoms in total. The first-order valence-electron chi connectivity index (χ1n) is 12.0. The Bertz CT molecular complexity index is 1030. The van der Waals surface area contributed by atoms with Crippen LogP contribution in [0.25, 0.3) is 5.65 Å². The van der Waals surface area contributed by atoms with Gasteiger partial charge in [-0.2, -0.15) is 0 Å². The number of hydrogen-bond acceptors (Lipinski definition) is 6. The van der Waals surface area contributed by atoms with Crippen molar-refractivity contribution >= 4 is 11.5 Å². The maximum Gasteiger partial charge on any atom is 0.138 e. The minimum atomic E-state index is 0.348. The summed E-state index contributed by atoms with van der Waals surface area (Å²) in [7, 11) is 0. The van der Waals surface area contributed by atoms with Crippen molar-refractivity contribution in [2.75, 3.05) is 44.3 Å². The summed E-state index contributed by atoms with van der Waals surface area (Å²) in [5.41, 5.74) is 10.6. The molecule has 0 amide bonds. The van der Waals surface area contributed by atoms with Gasteiger partial charge in [0.1, 0.15) is 11.5 Å². The van der Waals surface area contributed by atoms with Crippen LogP contribution < -0.4 is 10.6 Å². The molecule has 0 spiro atoms. The first kappa shape index (κ1) is 21.4. The Labute approximate surface area is 190 Å². The number of fused-ring (bicyclic) bond motifs is 2. The largest absolute Gasteiger partial charge is 0.378 e. The second kappa shape index (κ2) is 9.98. The second-order valence-electron chi connectivity index (χ2n) is 8.87. The highest BCUT2D eigenvalue weighted by molar-refractivity contribution is 5.52. The summed E-state index contributed by atoms with van der Waals surface area (Å²) in [4.78, 5) is 14.8. The molecule has 4 heterocycles. The summed E-state index contributed by atoms with van der Waals surface area (Å²) in [5, 5.41) is 0. The molecule has 170 valence electrons. The molecule has 0 bridgehead atoms. The molecule has 1 aliphatic carbocycles. The lowest BCUT2D eigenvalue weighted by atomic mass is 9.90. The molecule has 0 radical (unpaired) electrons. The van der Waals surface area contributed by atoms with Crippen LogP contribution in [0.15, 0.2) is 42.7 Å². The SMILES string of the molecule is NCCCCN(Cc1cn2c(N3CCOCC3)cccc2n1)C1CCCc2cccnc21. The summed E-state index contributed by atoms with van der Waals surface area (Å²) >= 11 is 0. The number of aromatic nitrogens is 3. The monoisotopic (exact) mass is 434 g/mol. The molecule has 7 heteroatoms. The molecule has 1 unspecified atom stereocenters. The summed E-state index contributed by atoms with van der Waals surface area (Å²) in [6.45, 7) is 5.98. The zero-order chi connectivity index (χ0) is 21.8. The van der Waals surface area contributed by atoms with Crippen LogP contribution in [0.2, 0.25) is 0 Å². The Morgan fingerprint density at radius 3 is 2.91 bits per heavy atom. The van der Waals surface area contributed by atoms with Crippen molar-refractivity contribution in [2.45, 2.75) is 44.7 Å². The lowest BCUT2D eigenvalue weighted by Crippen LogP contribution is -2.37. The zero-order valence-electron chi connectivity index (χ0n) is 18.8. The van der Waals surface area contributed by atoms with Crippen molar-refractivity contribution in [3.05, 3.63) is 59.7 Å². The van der Waals surface area contributed by atoms with Gasteiger partial charge in [0.2, 0.25) is 0 Å². The maximum atomic E-state index is 5.80. The van der Waals surface area contributed by atoms with Gasteiger partial charge in [-0.15, -0.1) is 0 Å². The van der Waals surface area contributed by atoms with E-state index < -0.39 is 0 Å². The minimum absolute atomic E-state index is 0.348. The van der Waals surface area contributed by atoms with E-state index in [2.05, 4.69) is 50.7 Å². The number of rotatable bonds is 8. The second-order valence-corrected chi connectivity index (χ2v) is 8.87. The lowest BCUT2D eigenvalue weighted by molar-refractivity contribution is 0.122. The third kappa shape index (κ3) is 4.51. The molecule has 1 saturated heterocycles. The van der Waals surface area contributed by atoms with E-state index in [1.54, 1.807) is 0 Å². The Hall–Kier alpha value is -2.48. The lowest BCUT2D eigenvalue weighted by Gasteiger charge is -2.34. The predicted molar refractivity (Wildman–Crippen MR) is 127 cm³/mol. The fraction of sp³-hybridized carbons (Fsp3) is 0.520. The number of imidazole rings is 1. The van der Waals surface area contributed by atoms with Gasteiger partial charge in [0.25, 0.3) is 0 Å². The number of morpholine rings is 1. The van der Waals surface area contributed by atoms with Gasteiger partial charge in [-0.05, 0) is 69.0 Å².